The minimum Gasteiger partial charge on any atom is -0.396 e. The first-order chi connectivity index (χ1) is 7.72. The number of H-pyrrole nitrogens is 1. The summed E-state index contributed by atoms with van der Waals surface area (Å²) in [6.45, 7) is 2.08. The number of nitrogens with zero attached hydrogens (tertiary/aromatic N) is 1. The van der Waals surface area contributed by atoms with Crippen molar-refractivity contribution in [2.24, 2.45) is 0 Å². The number of benzene rings is 1. The molecular formula is C12H14N2O2. The minimum absolute atomic E-state index is 0.122. The normalized spacial score (nSPS) is 12.6. The van der Waals surface area contributed by atoms with Crippen molar-refractivity contribution in [3.05, 3.63) is 52.7 Å². The molecule has 1 heterocycles. The molecule has 0 bridgehead atoms. The number of imidazole rings is 1. The molecule has 0 saturated carbocycles. The summed E-state index contributed by atoms with van der Waals surface area (Å²) in [7, 11) is 0. The zero-order valence-corrected chi connectivity index (χ0v) is 9.05. The molecular weight excluding hydrogens is 204 g/mol. The summed E-state index contributed by atoms with van der Waals surface area (Å²) in [5.41, 5.74) is 1.73. The van der Waals surface area contributed by atoms with E-state index in [1.807, 2.05) is 31.2 Å². The second-order valence-corrected chi connectivity index (χ2v) is 3.81. The Labute approximate surface area is 93.2 Å². The van der Waals surface area contributed by atoms with Gasteiger partial charge in [0.15, 0.2) is 0 Å². The first-order valence-corrected chi connectivity index (χ1v) is 5.19. The van der Waals surface area contributed by atoms with Crippen LogP contribution in [0.5, 0.6) is 0 Å². The Hall–Kier alpha value is -1.81. The van der Waals surface area contributed by atoms with Crippen LogP contribution < -0.4 is 5.69 Å². The lowest BCUT2D eigenvalue weighted by Crippen LogP contribution is -2.13. The van der Waals surface area contributed by atoms with Gasteiger partial charge in [-0.1, -0.05) is 19.1 Å². The van der Waals surface area contributed by atoms with Crippen LogP contribution in [0.1, 0.15) is 18.4 Å². The molecule has 0 aliphatic heterocycles. The van der Waals surface area contributed by atoms with Gasteiger partial charge in [-0.2, -0.15) is 0 Å². The van der Waals surface area contributed by atoms with Crippen LogP contribution in [0, 0.1) is 0 Å². The van der Waals surface area contributed by atoms with E-state index in [0.717, 1.165) is 11.3 Å². The summed E-state index contributed by atoms with van der Waals surface area (Å²) in [5.74, 6) is 0.122. The van der Waals surface area contributed by atoms with Crippen molar-refractivity contribution in [1.29, 1.82) is 0 Å². The van der Waals surface area contributed by atoms with Crippen LogP contribution in [-0.4, -0.2) is 21.3 Å². The lowest BCUT2D eigenvalue weighted by Gasteiger charge is -2.09. The van der Waals surface area contributed by atoms with Crippen LogP contribution in [0.15, 0.2) is 41.5 Å². The highest BCUT2D eigenvalue weighted by atomic mass is 16.3. The number of hydrogen-bond acceptors (Lipinski definition) is 2. The second kappa shape index (κ2) is 4.37. The molecule has 0 saturated heterocycles. The van der Waals surface area contributed by atoms with Gasteiger partial charge in [-0.15, -0.1) is 0 Å². The molecule has 84 valence electrons. The van der Waals surface area contributed by atoms with Crippen LogP contribution in [-0.2, 0) is 0 Å². The monoisotopic (exact) mass is 218 g/mol. The van der Waals surface area contributed by atoms with E-state index < -0.39 is 0 Å². The molecule has 0 radical (unpaired) electrons. The zero-order chi connectivity index (χ0) is 11.5. The van der Waals surface area contributed by atoms with Gasteiger partial charge in [0, 0.05) is 24.9 Å². The number of aromatic amines is 1. The maximum absolute atomic E-state index is 11.4. The van der Waals surface area contributed by atoms with Crippen LogP contribution in [0.2, 0.25) is 0 Å². The van der Waals surface area contributed by atoms with Crippen molar-refractivity contribution in [3.63, 3.8) is 0 Å². The molecule has 0 amide bonds. The van der Waals surface area contributed by atoms with Crippen molar-refractivity contribution in [2.75, 3.05) is 6.61 Å². The smallest absolute Gasteiger partial charge is 0.330 e. The topological polar surface area (TPSA) is 58.0 Å². The molecule has 0 aliphatic carbocycles. The van der Waals surface area contributed by atoms with Gasteiger partial charge in [0.1, 0.15) is 0 Å². The SMILES string of the molecule is CC(CO)c1ccc(-n2cc[nH]c2=O)cc1. The lowest BCUT2D eigenvalue weighted by atomic mass is 10.0. The van der Waals surface area contributed by atoms with Gasteiger partial charge in [-0.3, -0.25) is 4.57 Å². The molecule has 4 nitrogen and oxygen atoms in total. The number of aromatic nitrogens is 2. The summed E-state index contributed by atoms with van der Waals surface area (Å²) in [6, 6.07) is 7.60. The fourth-order valence-electron chi connectivity index (χ4n) is 1.59. The third-order valence-corrected chi connectivity index (χ3v) is 2.66. The molecule has 16 heavy (non-hydrogen) atoms. The van der Waals surface area contributed by atoms with Crippen molar-refractivity contribution in [2.45, 2.75) is 12.8 Å². The summed E-state index contributed by atoms with van der Waals surface area (Å²) >= 11 is 0. The van der Waals surface area contributed by atoms with E-state index in [1.54, 1.807) is 12.4 Å². The van der Waals surface area contributed by atoms with E-state index >= 15 is 0 Å². The van der Waals surface area contributed by atoms with Crippen LogP contribution in [0.3, 0.4) is 0 Å². The van der Waals surface area contributed by atoms with Gasteiger partial charge in [-0.05, 0) is 17.7 Å². The largest absolute Gasteiger partial charge is 0.396 e. The van der Waals surface area contributed by atoms with Gasteiger partial charge in [0.25, 0.3) is 0 Å². The Morgan fingerprint density at radius 1 is 1.38 bits per heavy atom. The van der Waals surface area contributed by atoms with E-state index in [-0.39, 0.29) is 18.2 Å². The Kier molecular flexibility index (Phi) is 2.92. The first kappa shape index (κ1) is 10.7. The number of aliphatic hydroxyl groups excluding tert-OH is 1. The molecule has 1 unspecified atom stereocenters. The van der Waals surface area contributed by atoms with Crippen LogP contribution >= 0.6 is 0 Å². The third-order valence-electron chi connectivity index (χ3n) is 2.66. The molecule has 1 aromatic heterocycles. The van der Waals surface area contributed by atoms with E-state index in [0.29, 0.717) is 0 Å². The molecule has 0 aliphatic rings. The number of rotatable bonds is 3. The van der Waals surface area contributed by atoms with Crippen molar-refractivity contribution >= 4 is 0 Å². The second-order valence-electron chi connectivity index (χ2n) is 3.81. The van der Waals surface area contributed by atoms with Gasteiger partial charge in [0.2, 0.25) is 0 Å². The number of aliphatic hydroxyl groups is 1. The molecule has 1 aromatic carbocycles. The average Bonchev–Trinajstić information content (AvgIpc) is 2.75. The van der Waals surface area contributed by atoms with E-state index in [1.165, 1.54) is 4.57 Å². The van der Waals surface area contributed by atoms with Gasteiger partial charge >= 0.3 is 5.69 Å². The molecule has 1 atom stereocenters. The number of nitrogens with one attached hydrogen (secondary N) is 1. The Morgan fingerprint density at radius 2 is 2.06 bits per heavy atom. The Balaban J connectivity index is 2.33. The fraction of sp³-hybridized carbons (Fsp3) is 0.250. The van der Waals surface area contributed by atoms with Gasteiger partial charge in [0.05, 0.1) is 5.69 Å². The average molecular weight is 218 g/mol. The van der Waals surface area contributed by atoms with E-state index in [9.17, 15) is 4.79 Å². The molecule has 2 aromatic rings. The molecule has 4 heteroatoms. The van der Waals surface area contributed by atoms with Gasteiger partial charge < -0.3 is 10.1 Å². The van der Waals surface area contributed by atoms with Crippen molar-refractivity contribution < 1.29 is 5.11 Å². The first-order valence-electron chi connectivity index (χ1n) is 5.19. The Morgan fingerprint density at radius 3 is 2.56 bits per heavy atom. The maximum atomic E-state index is 11.4. The highest BCUT2D eigenvalue weighted by Gasteiger charge is 2.04. The van der Waals surface area contributed by atoms with Crippen LogP contribution in [0.4, 0.5) is 0 Å². The maximum Gasteiger partial charge on any atom is 0.330 e. The molecule has 2 rings (SSSR count). The summed E-state index contributed by atoms with van der Waals surface area (Å²) in [5, 5.41) is 9.03. The number of hydrogen-bond donors (Lipinski definition) is 2. The standard InChI is InChI=1S/C12H14N2O2/c1-9(8-15)10-2-4-11(5-3-10)14-7-6-13-12(14)16/h2-7,9,15H,8H2,1H3,(H,13,16). The molecule has 0 spiro atoms. The summed E-state index contributed by atoms with van der Waals surface area (Å²) in [4.78, 5) is 13.9. The quantitative estimate of drug-likeness (QED) is 0.814. The Bertz CT molecular complexity index is 510. The fourth-order valence-corrected chi connectivity index (χ4v) is 1.59. The highest BCUT2D eigenvalue weighted by molar-refractivity contribution is 5.35. The van der Waals surface area contributed by atoms with E-state index in [4.69, 9.17) is 5.11 Å². The molecule has 2 N–H and O–H groups in total. The van der Waals surface area contributed by atoms with Crippen molar-refractivity contribution in [3.8, 4) is 5.69 Å². The van der Waals surface area contributed by atoms with Crippen molar-refractivity contribution in [1.82, 2.24) is 9.55 Å². The summed E-state index contributed by atoms with van der Waals surface area (Å²) in [6.07, 6.45) is 3.29. The third kappa shape index (κ3) is 1.92. The summed E-state index contributed by atoms with van der Waals surface area (Å²) < 4.78 is 1.54. The van der Waals surface area contributed by atoms with Gasteiger partial charge in [-0.25, -0.2) is 4.79 Å². The predicted molar refractivity (Wildman–Crippen MR) is 61.9 cm³/mol. The predicted octanol–water partition coefficient (Wildman–Crippen LogP) is 1.26. The van der Waals surface area contributed by atoms with Crippen LogP contribution in [0.25, 0.3) is 5.69 Å². The molecule has 0 fully saturated rings. The highest BCUT2D eigenvalue weighted by Crippen LogP contribution is 2.16. The lowest BCUT2D eigenvalue weighted by molar-refractivity contribution is 0.273. The van der Waals surface area contributed by atoms with E-state index in [2.05, 4.69) is 4.98 Å². The zero-order valence-electron chi connectivity index (χ0n) is 9.05. The minimum atomic E-state index is -0.150.